The van der Waals surface area contributed by atoms with Crippen LogP contribution in [-0.4, -0.2) is 12.5 Å². The van der Waals surface area contributed by atoms with Gasteiger partial charge in [-0.05, 0) is 31.5 Å². The van der Waals surface area contributed by atoms with Gasteiger partial charge in [0.05, 0.1) is 6.04 Å². The van der Waals surface area contributed by atoms with E-state index in [0.29, 0.717) is 6.54 Å². The predicted molar refractivity (Wildman–Crippen MR) is 89.7 cm³/mol. The molecule has 2 aromatic carbocycles. The van der Waals surface area contributed by atoms with E-state index in [1.807, 2.05) is 66.8 Å². The molecule has 2 atom stereocenters. The fraction of sp³-hybridized carbons (Fsp3) is 0.278. The second kappa shape index (κ2) is 7.97. The van der Waals surface area contributed by atoms with Crippen molar-refractivity contribution < 1.29 is 10.1 Å². The normalized spacial score (nSPS) is 13.4. The van der Waals surface area contributed by atoms with E-state index in [2.05, 4.69) is 12.2 Å². The van der Waals surface area contributed by atoms with E-state index in [-0.39, 0.29) is 18.0 Å². The largest absolute Gasteiger partial charge is 0.345 e. The van der Waals surface area contributed by atoms with E-state index in [9.17, 15) is 4.79 Å². The topological polar surface area (TPSA) is 45.7 Å². The third kappa shape index (κ3) is 4.86. The van der Waals surface area contributed by atoms with Crippen molar-refractivity contribution in [2.24, 2.45) is 0 Å². The molecule has 1 amide bonds. The third-order valence-corrected chi connectivity index (χ3v) is 3.94. The van der Waals surface area contributed by atoms with Crippen LogP contribution >= 0.6 is 11.6 Å². The number of halogens is 1. The van der Waals surface area contributed by atoms with Crippen molar-refractivity contribution in [1.82, 2.24) is 5.32 Å². The van der Waals surface area contributed by atoms with Crippen LogP contribution in [0.5, 0.6) is 0 Å². The van der Waals surface area contributed by atoms with Gasteiger partial charge < -0.3 is 10.6 Å². The second-order valence-electron chi connectivity index (χ2n) is 5.48. The van der Waals surface area contributed by atoms with Crippen molar-refractivity contribution in [3.63, 3.8) is 0 Å². The van der Waals surface area contributed by atoms with Gasteiger partial charge in [0.25, 0.3) is 5.91 Å². The van der Waals surface area contributed by atoms with Crippen molar-refractivity contribution in [3.8, 4) is 0 Å². The van der Waals surface area contributed by atoms with Gasteiger partial charge in [0, 0.05) is 10.6 Å². The van der Waals surface area contributed by atoms with Gasteiger partial charge in [-0.25, -0.2) is 0 Å². The average molecular weight is 318 g/mol. The molecule has 2 rings (SSSR count). The molecule has 0 aromatic heterocycles. The second-order valence-corrected chi connectivity index (χ2v) is 5.92. The minimum atomic E-state index is 0.0172. The molecule has 0 aliphatic heterocycles. The molecule has 0 heterocycles. The molecule has 0 saturated heterocycles. The monoisotopic (exact) mass is 317 g/mol. The first-order chi connectivity index (χ1) is 10.6. The maximum atomic E-state index is 12.1. The Labute approximate surface area is 136 Å². The number of benzene rings is 2. The quantitative estimate of drug-likeness (QED) is 0.845. The lowest BCUT2D eigenvalue weighted by Crippen LogP contribution is -2.87. The molecule has 2 aromatic rings. The Kier molecular flexibility index (Phi) is 5.99. The minimum Gasteiger partial charge on any atom is -0.345 e. The summed E-state index contributed by atoms with van der Waals surface area (Å²) < 4.78 is 0. The molecule has 0 saturated carbocycles. The van der Waals surface area contributed by atoms with Gasteiger partial charge in [0.2, 0.25) is 0 Å². The summed E-state index contributed by atoms with van der Waals surface area (Å²) in [6.45, 7) is 4.46. The van der Waals surface area contributed by atoms with Gasteiger partial charge >= 0.3 is 0 Å². The number of carbonyl (C=O) groups is 1. The standard InChI is InChI=1S/C18H21ClN2O/c1-13(16-9-6-10-17(19)11-16)20-12-18(22)21-14(2)15-7-4-3-5-8-15/h3-11,13-14,20H,12H2,1-2H3,(H,21,22)/p+1/t13-,14-/m1/s1. The lowest BCUT2D eigenvalue weighted by atomic mass is 10.1. The van der Waals surface area contributed by atoms with Crippen LogP contribution in [0.1, 0.15) is 37.1 Å². The van der Waals surface area contributed by atoms with E-state index < -0.39 is 0 Å². The molecular formula is C18H22ClN2O+. The molecule has 0 fully saturated rings. The van der Waals surface area contributed by atoms with Crippen molar-refractivity contribution in [2.45, 2.75) is 25.9 Å². The molecule has 0 spiro atoms. The Morgan fingerprint density at radius 3 is 2.45 bits per heavy atom. The number of rotatable bonds is 6. The van der Waals surface area contributed by atoms with Crippen LogP contribution in [0.25, 0.3) is 0 Å². The van der Waals surface area contributed by atoms with Crippen LogP contribution in [0.2, 0.25) is 5.02 Å². The molecule has 3 N–H and O–H groups in total. The molecule has 22 heavy (non-hydrogen) atoms. The smallest absolute Gasteiger partial charge is 0.275 e. The molecular weight excluding hydrogens is 296 g/mol. The minimum absolute atomic E-state index is 0.0172. The van der Waals surface area contributed by atoms with E-state index in [0.717, 1.165) is 16.1 Å². The Hall–Kier alpha value is -1.84. The van der Waals surface area contributed by atoms with Crippen LogP contribution in [0.4, 0.5) is 0 Å². The van der Waals surface area contributed by atoms with Crippen LogP contribution in [0, 0.1) is 0 Å². The van der Waals surface area contributed by atoms with Crippen molar-refractivity contribution in [2.75, 3.05) is 6.54 Å². The molecule has 0 bridgehead atoms. The van der Waals surface area contributed by atoms with E-state index in [4.69, 9.17) is 11.6 Å². The van der Waals surface area contributed by atoms with Gasteiger partial charge in [-0.15, -0.1) is 0 Å². The zero-order valence-electron chi connectivity index (χ0n) is 12.9. The van der Waals surface area contributed by atoms with Gasteiger partial charge in [-0.2, -0.15) is 0 Å². The van der Waals surface area contributed by atoms with Crippen molar-refractivity contribution in [3.05, 3.63) is 70.7 Å². The van der Waals surface area contributed by atoms with Gasteiger partial charge in [-0.3, -0.25) is 4.79 Å². The first-order valence-electron chi connectivity index (χ1n) is 7.49. The number of amides is 1. The first kappa shape index (κ1) is 16.5. The highest BCUT2D eigenvalue weighted by atomic mass is 35.5. The van der Waals surface area contributed by atoms with Crippen LogP contribution < -0.4 is 10.6 Å². The Bertz CT molecular complexity index is 615. The number of hydrogen-bond acceptors (Lipinski definition) is 1. The van der Waals surface area contributed by atoms with Crippen molar-refractivity contribution >= 4 is 17.5 Å². The Balaban J connectivity index is 1.82. The number of quaternary nitrogens is 1. The van der Waals surface area contributed by atoms with Crippen LogP contribution in [-0.2, 0) is 4.79 Å². The summed E-state index contributed by atoms with van der Waals surface area (Å²) >= 11 is 6.00. The number of nitrogens with one attached hydrogen (secondary N) is 1. The SMILES string of the molecule is C[C@@H](NC(=O)C[NH2+][C@H](C)c1cccc(Cl)c1)c1ccccc1. The maximum Gasteiger partial charge on any atom is 0.275 e. The third-order valence-electron chi connectivity index (χ3n) is 3.71. The number of carbonyl (C=O) groups excluding carboxylic acids is 1. The summed E-state index contributed by atoms with van der Waals surface area (Å²) in [5, 5.41) is 5.75. The molecule has 0 aliphatic rings. The van der Waals surface area contributed by atoms with Gasteiger partial charge in [0.1, 0.15) is 6.04 Å². The Morgan fingerprint density at radius 2 is 1.77 bits per heavy atom. The van der Waals surface area contributed by atoms with E-state index >= 15 is 0 Å². The lowest BCUT2D eigenvalue weighted by molar-refractivity contribution is -0.682. The summed E-state index contributed by atoms with van der Waals surface area (Å²) in [5.41, 5.74) is 2.23. The highest BCUT2D eigenvalue weighted by Gasteiger charge is 2.14. The molecule has 3 nitrogen and oxygen atoms in total. The number of hydrogen-bond donors (Lipinski definition) is 2. The summed E-state index contributed by atoms with van der Waals surface area (Å²) in [7, 11) is 0. The summed E-state index contributed by atoms with van der Waals surface area (Å²) in [5.74, 6) is 0.0326. The molecule has 4 heteroatoms. The molecule has 0 radical (unpaired) electrons. The van der Waals surface area contributed by atoms with Gasteiger partial charge in [-0.1, -0.05) is 54.1 Å². The summed E-state index contributed by atoms with van der Waals surface area (Å²) in [4.78, 5) is 12.1. The zero-order chi connectivity index (χ0) is 15.9. The van der Waals surface area contributed by atoms with Crippen LogP contribution in [0.3, 0.4) is 0 Å². The summed E-state index contributed by atoms with van der Waals surface area (Å²) in [6, 6.07) is 17.9. The van der Waals surface area contributed by atoms with E-state index in [1.54, 1.807) is 0 Å². The number of nitrogens with two attached hydrogens (primary N) is 1. The Morgan fingerprint density at radius 1 is 1.09 bits per heavy atom. The fourth-order valence-corrected chi connectivity index (χ4v) is 2.53. The average Bonchev–Trinajstić information content (AvgIpc) is 2.53. The van der Waals surface area contributed by atoms with Gasteiger partial charge in [0.15, 0.2) is 6.54 Å². The predicted octanol–water partition coefficient (Wildman–Crippen LogP) is 2.84. The molecule has 116 valence electrons. The first-order valence-corrected chi connectivity index (χ1v) is 7.87. The summed E-state index contributed by atoms with van der Waals surface area (Å²) in [6.07, 6.45) is 0. The van der Waals surface area contributed by atoms with Crippen molar-refractivity contribution in [1.29, 1.82) is 0 Å². The maximum absolute atomic E-state index is 12.1. The lowest BCUT2D eigenvalue weighted by Gasteiger charge is -2.15. The highest BCUT2D eigenvalue weighted by molar-refractivity contribution is 6.30. The molecule has 0 aliphatic carbocycles. The zero-order valence-corrected chi connectivity index (χ0v) is 13.7. The van der Waals surface area contributed by atoms with E-state index in [1.165, 1.54) is 0 Å². The fourth-order valence-electron chi connectivity index (χ4n) is 2.34. The molecule has 0 unspecified atom stereocenters. The highest BCUT2D eigenvalue weighted by Crippen LogP contribution is 2.14. The van der Waals surface area contributed by atoms with Crippen LogP contribution in [0.15, 0.2) is 54.6 Å².